The molecule has 0 bridgehead atoms. The lowest BCUT2D eigenvalue weighted by atomic mass is 9.99. The number of nitrogens with zero attached hydrogens (tertiary/aromatic N) is 2. The molecule has 0 radical (unpaired) electrons. The van der Waals surface area contributed by atoms with Crippen molar-refractivity contribution in [3.05, 3.63) is 59.7 Å². The van der Waals surface area contributed by atoms with Crippen LogP contribution in [-0.2, 0) is 0 Å². The van der Waals surface area contributed by atoms with Crippen LogP contribution in [0.2, 0.25) is 0 Å². The molecule has 110 valence electrons. The Kier molecular flexibility index (Phi) is 5.00. The second-order valence-corrected chi connectivity index (χ2v) is 5.23. The average molecular weight is 284 g/mol. The molecule has 0 aliphatic heterocycles. The lowest BCUT2D eigenvalue weighted by Crippen LogP contribution is -2.32. The Bertz CT molecular complexity index is 581. The summed E-state index contributed by atoms with van der Waals surface area (Å²) < 4.78 is 0. The third-order valence-corrected chi connectivity index (χ3v) is 3.31. The van der Waals surface area contributed by atoms with Crippen LogP contribution >= 0.6 is 0 Å². The van der Waals surface area contributed by atoms with E-state index in [1.807, 2.05) is 12.1 Å². The molecule has 1 aromatic heterocycles. The molecule has 0 spiro atoms. The van der Waals surface area contributed by atoms with Gasteiger partial charge in [-0.15, -0.1) is 0 Å². The predicted octanol–water partition coefficient (Wildman–Crippen LogP) is 2.03. The summed E-state index contributed by atoms with van der Waals surface area (Å²) in [6.07, 6.45) is 4.44. The van der Waals surface area contributed by atoms with E-state index >= 15 is 0 Å². The number of aromatic nitrogens is 2. The largest absolute Gasteiger partial charge is 0.349 e. The Morgan fingerprint density at radius 1 is 1.19 bits per heavy atom. The van der Waals surface area contributed by atoms with Gasteiger partial charge in [0.25, 0.3) is 5.91 Å². The van der Waals surface area contributed by atoms with Gasteiger partial charge in [-0.2, -0.15) is 0 Å². The normalized spacial score (nSPS) is 12.2. The molecule has 3 N–H and O–H groups in total. The number of nitrogens with one attached hydrogen (secondary N) is 1. The summed E-state index contributed by atoms with van der Waals surface area (Å²) >= 11 is 0. The van der Waals surface area contributed by atoms with Crippen LogP contribution in [0.4, 0.5) is 0 Å². The molecule has 2 rings (SSSR count). The van der Waals surface area contributed by atoms with Crippen LogP contribution < -0.4 is 11.1 Å². The fourth-order valence-corrected chi connectivity index (χ4v) is 1.96. The van der Waals surface area contributed by atoms with Crippen molar-refractivity contribution in [1.82, 2.24) is 15.3 Å². The van der Waals surface area contributed by atoms with Gasteiger partial charge in [0, 0.05) is 25.0 Å². The van der Waals surface area contributed by atoms with Crippen molar-refractivity contribution in [2.24, 2.45) is 5.73 Å². The highest BCUT2D eigenvalue weighted by atomic mass is 16.1. The van der Waals surface area contributed by atoms with Crippen LogP contribution in [0.5, 0.6) is 0 Å². The minimum Gasteiger partial charge on any atom is -0.349 e. The van der Waals surface area contributed by atoms with E-state index in [4.69, 9.17) is 5.73 Å². The SMILES string of the molecule is CC(C)c1ccc(C(N)CNC(=O)c2cnccn2)cc1. The summed E-state index contributed by atoms with van der Waals surface area (Å²) in [4.78, 5) is 19.7. The summed E-state index contributed by atoms with van der Waals surface area (Å²) in [5.41, 5.74) is 8.66. The first-order valence-corrected chi connectivity index (χ1v) is 6.97. The van der Waals surface area contributed by atoms with Crippen LogP contribution in [0.3, 0.4) is 0 Å². The van der Waals surface area contributed by atoms with Gasteiger partial charge in [0.15, 0.2) is 0 Å². The Morgan fingerprint density at radius 2 is 1.86 bits per heavy atom. The maximum atomic E-state index is 11.9. The van der Waals surface area contributed by atoms with Gasteiger partial charge in [-0.05, 0) is 17.0 Å². The van der Waals surface area contributed by atoms with E-state index in [1.54, 1.807) is 0 Å². The van der Waals surface area contributed by atoms with Crippen molar-refractivity contribution < 1.29 is 4.79 Å². The zero-order valence-electron chi connectivity index (χ0n) is 12.3. The van der Waals surface area contributed by atoms with Crippen LogP contribution in [0.1, 0.15) is 47.4 Å². The topological polar surface area (TPSA) is 80.9 Å². The highest BCUT2D eigenvalue weighted by Crippen LogP contribution is 2.17. The number of carbonyl (C=O) groups is 1. The van der Waals surface area contributed by atoms with Gasteiger partial charge in [0.2, 0.25) is 0 Å². The second kappa shape index (κ2) is 6.95. The van der Waals surface area contributed by atoms with Crippen molar-refractivity contribution in [2.75, 3.05) is 6.54 Å². The first-order chi connectivity index (χ1) is 10.1. The van der Waals surface area contributed by atoms with E-state index in [1.165, 1.54) is 24.2 Å². The van der Waals surface area contributed by atoms with Crippen molar-refractivity contribution in [3.63, 3.8) is 0 Å². The van der Waals surface area contributed by atoms with E-state index < -0.39 is 0 Å². The van der Waals surface area contributed by atoms with Gasteiger partial charge in [-0.25, -0.2) is 4.98 Å². The molecule has 0 fully saturated rings. The fourth-order valence-electron chi connectivity index (χ4n) is 1.96. The third kappa shape index (κ3) is 4.10. The molecule has 1 aromatic carbocycles. The molecule has 0 aliphatic carbocycles. The lowest BCUT2D eigenvalue weighted by Gasteiger charge is -2.14. The summed E-state index contributed by atoms with van der Waals surface area (Å²) in [5.74, 6) is 0.226. The molecule has 21 heavy (non-hydrogen) atoms. The summed E-state index contributed by atoms with van der Waals surface area (Å²) in [5, 5.41) is 2.77. The quantitative estimate of drug-likeness (QED) is 0.880. The van der Waals surface area contributed by atoms with Crippen molar-refractivity contribution >= 4 is 5.91 Å². The smallest absolute Gasteiger partial charge is 0.271 e. The molecule has 0 saturated heterocycles. The zero-order chi connectivity index (χ0) is 15.2. The predicted molar refractivity (Wildman–Crippen MR) is 81.8 cm³/mol. The maximum Gasteiger partial charge on any atom is 0.271 e. The Morgan fingerprint density at radius 3 is 2.43 bits per heavy atom. The van der Waals surface area contributed by atoms with E-state index in [0.717, 1.165) is 5.56 Å². The van der Waals surface area contributed by atoms with Gasteiger partial charge in [0.1, 0.15) is 5.69 Å². The lowest BCUT2D eigenvalue weighted by molar-refractivity contribution is 0.0946. The molecule has 1 unspecified atom stereocenters. The number of rotatable bonds is 5. The highest BCUT2D eigenvalue weighted by Gasteiger charge is 2.11. The maximum absolute atomic E-state index is 11.9. The first kappa shape index (κ1) is 15.1. The van der Waals surface area contributed by atoms with Crippen molar-refractivity contribution in [1.29, 1.82) is 0 Å². The molecule has 5 heteroatoms. The third-order valence-electron chi connectivity index (χ3n) is 3.31. The van der Waals surface area contributed by atoms with Crippen LogP contribution in [0.25, 0.3) is 0 Å². The Hall–Kier alpha value is -2.27. The molecule has 1 heterocycles. The summed E-state index contributed by atoms with van der Waals surface area (Å²) in [7, 11) is 0. The number of carbonyl (C=O) groups excluding carboxylic acids is 1. The van der Waals surface area contributed by atoms with Crippen LogP contribution in [-0.4, -0.2) is 22.4 Å². The summed E-state index contributed by atoms with van der Waals surface area (Å²) in [6, 6.07) is 7.92. The summed E-state index contributed by atoms with van der Waals surface area (Å²) in [6.45, 7) is 4.66. The zero-order valence-corrected chi connectivity index (χ0v) is 12.3. The van der Waals surface area contributed by atoms with Gasteiger partial charge >= 0.3 is 0 Å². The second-order valence-electron chi connectivity index (χ2n) is 5.23. The Balaban J connectivity index is 1.92. The van der Waals surface area contributed by atoms with Crippen LogP contribution in [0, 0.1) is 0 Å². The molecule has 5 nitrogen and oxygen atoms in total. The average Bonchev–Trinajstić information content (AvgIpc) is 2.53. The van der Waals surface area contributed by atoms with Crippen molar-refractivity contribution in [2.45, 2.75) is 25.8 Å². The minimum absolute atomic E-state index is 0.244. The minimum atomic E-state index is -0.266. The molecule has 1 atom stereocenters. The van der Waals surface area contributed by atoms with E-state index in [2.05, 4.69) is 41.3 Å². The number of amides is 1. The van der Waals surface area contributed by atoms with Gasteiger partial charge in [0.05, 0.1) is 6.20 Å². The van der Waals surface area contributed by atoms with Crippen molar-refractivity contribution in [3.8, 4) is 0 Å². The number of hydrogen-bond acceptors (Lipinski definition) is 4. The van der Waals surface area contributed by atoms with Crippen LogP contribution in [0.15, 0.2) is 42.9 Å². The monoisotopic (exact) mass is 284 g/mol. The fraction of sp³-hybridized carbons (Fsp3) is 0.312. The highest BCUT2D eigenvalue weighted by molar-refractivity contribution is 5.91. The molecular weight excluding hydrogens is 264 g/mol. The van der Waals surface area contributed by atoms with Gasteiger partial charge in [-0.1, -0.05) is 38.1 Å². The molecule has 2 aromatic rings. The van der Waals surface area contributed by atoms with E-state index in [0.29, 0.717) is 18.2 Å². The molecule has 1 amide bonds. The van der Waals surface area contributed by atoms with Gasteiger partial charge < -0.3 is 11.1 Å². The first-order valence-electron chi connectivity index (χ1n) is 6.97. The molecule has 0 aliphatic rings. The van der Waals surface area contributed by atoms with E-state index in [9.17, 15) is 4.79 Å². The van der Waals surface area contributed by atoms with Gasteiger partial charge in [-0.3, -0.25) is 9.78 Å². The number of hydrogen-bond donors (Lipinski definition) is 2. The molecular formula is C16H20N4O. The number of nitrogens with two attached hydrogens (primary N) is 1. The Labute approximate surface area is 124 Å². The molecule has 0 saturated carbocycles. The van der Waals surface area contributed by atoms with E-state index in [-0.39, 0.29) is 11.9 Å². The standard InChI is InChI=1S/C16H20N4O/c1-11(2)12-3-5-13(6-4-12)14(17)9-20-16(21)15-10-18-7-8-19-15/h3-8,10-11,14H,9,17H2,1-2H3,(H,20,21). The number of benzene rings is 1.